The molecule has 0 aliphatic carbocycles. The maximum absolute atomic E-state index is 13.2. The lowest BCUT2D eigenvalue weighted by Crippen LogP contribution is -2.29. The first-order chi connectivity index (χ1) is 17.5. The van der Waals surface area contributed by atoms with Gasteiger partial charge in [-0.05, 0) is 67.4 Å². The topological polar surface area (TPSA) is 89.2 Å². The lowest BCUT2D eigenvalue weighted by molar-refractivity contribution is -0.140. The van der Waals surface area contributed by atoms with Crippen molar-refractivity contribution in [2.45, 2.75) is 45.7 Å². The van der Waals surface area contributed by atoms with Crippen LogP contribution in [0.3, 0.4) is 0 Å². The Kier molecular flexibility index (Phi) is 8.10. The molecule has 7 heteroatoms. The lowest BCUT2D eigenvalue weighted by atomic mass is 9.95. The summed E-state index contributed by atoms with van der Waals surface area (Å²) >= 11 is 0. The molecule has 1 N–H and O–H groups in total. The summed E-state index contributed by atoms with van der Waals surface area (Å²) in [5, 5.41) is 11.3. The molecule has 0 radical (unpaired) electrons. The van der Waals surface area contributed by atoms with Crippen molar-refractivity contribution in [3.05, 3.63) is 89.4 Å². The van der Waals surface area contributed by atoms with Crippen LogP contribution in [0, 0.1) is 0 Å². The van der Waals surface area contributed by atoms with E-state index < -0.39 is 17.7 Å². The van der Waals surface area contributed by atoms with E-state index in [0.29, 0.717) is 41.6 Å². The maximum Gasteiger partial charge on any atom is 0.296 e. The highest BCUT2D eigenvalue weighted by Crippen LogP contribution is 2.41. The average Bonchev–Trinajstić information content (AvgIpc) is 3.49. The van der Waals surface area contributed by atoms with Crippen LogP contribution in [0.15, 0.2) is 76.9 Å². The van der Waals surface area contributed by atoms with Crippen LogP contribution in [0.4, 0.5) is 0 Å². The molecule has 2 aromatic carbocycles. The Morgan fingerprint density at radius 1 is 0.972 bits per heavy atom. The number of unbranched alkanes of at least 4 members (excludes halogenated alkanes) is 2. The van der Waals surface area contributed by atoms with Crippen molar-refractivity contribution in [1.29, 1.82) is 0 Å². The molecule has 1 atom stereocenters. The summed E-state index contributed by atoms with van der Waals surface area (Å²) in [7, 11) is 0. The Hall–Kier alpha value is -4.00. The number of ketones is 1. The van der Waals surface area contributed by atoms with E-state index in [2.05, 4.69) is 6.92 Å². The molecule has 188 valence electrons. The fraction of sp³-hybridized carbons (Fsp3) is 0.310. The molecule has 1 aliphatic heterocycles. The summed E-state index contributed by atoms with van der Waals surface area (Å²) in [6, 6.07) is 16.8. The maximum atomic E-state index is 13.2. The number of amides is 1. The summed E-state index contributed by atoms with van der Waals surface area (Å²) in [4.78, 5) is 27.8. The van der Waals surface area contributed by atoms with Crippen LogP contribution in [0.25, 0.3) is 5.76 Å². The van der Waals surface area contributed by atoms with Gasteiger partial charge in [0.05, 0.1) is 37.6 Å². The molecule has 36 heavy (non-hydrogen) atoms. The molecule has 0 bridgehead atoms. The van der Waals surface area contributed by atoms with Gasteiger partial charge >= 0.3 is 0 Å². The van der Waals surface area contributed by atoms with E-state index >= 15 is 0 Å². The van der Waals surface area contributed by atoms with Crippen LogP contribution >= 0.6 is 0 Å². The van der Waals surface area contributed by atoms with Gasteiger partial charge in [0.2, 0.25) is 0 Å². The quantitative estimate of drug-likeness (QED) is 0.157. The third-order valence-electron chi connectivity index (χ3n) is 6.08. The highest BCUT2D eigenvalue weighted by Gasteiger charge is 2.46. The zero-order valence-corrected chi connectivity index (χ0v) is 20.6. The molecule has 1 fully saturated rings. The number of nitrogens with zero attached hydrogens (tertiary/aromatic N) is 1. The first-order valence-electron chi connectivity index (χ1n) is 12.3. The molecule has 1 aliphatic rings. The highest BCUT2D eigenvalue weighted by atomic mass is 16.5. The third kappa shape index (κ3) is 5.46. The lowest BCUT2D eigenvalue weighted by Gasteiger charge is -2.25. The van der Waals surface area contributed by atoms with Gasteiger partial charge in [-0.3, -0.25) is 9.59 Å². The summed E-state index contributed by atoms with van der Waals surface area (Å²) in [5.41, 5.74) is 1.11. The van der Waals surface area contributed by atoms with E-state index in [0.717, 1.165) is 19.3 Å². The first kappa shape index (κ1) is 25.1. The Morgan fingerprint density at radius 2 is 1.78 bits per heavy atom. The van der Waals surface area contributed by atoms with Crippen LogP contribution in [0.2, 0.25) is 0 Å². The zero-order valence-electron chi connectivity index (χ0n) is 20.6. The van der Waals surface area contributed by atoms with Crippen LogP contribution in [0.5, 0.6) is 11.5 Å². The number of carbonyl (C=O) groups is 2. The van der Waals surface area contributed by atoms with Crippen molar-refractivity contribution >= 4 is 17.4 Å². The Morgan fingerprint density at radius 3 is 2.47 bits per heavy atom. The smallest absolute Gasteiger partial charge is 0.296 e. The fourth-order valence-corrected chi connectivity index (χ4v) is 4.31. The van der Waals surface area contributed by atoms with E-state index in [4.69, 9.17) is 13.9 Å². The molecule has 0 saturated carbocycles. The van der Waals surface area contributed by atoms with Crippen LogP contribution in [-0.4, -0.2) is 34.9 Å². The molecule has 1 amide bonds. The molecule has 2 heterocycles. The second kappa shape index (κ2) is 11.6. The molecule has 0 spiro atoms. The number of carbonyl (C=O) groups excluding carboxylic acids is 2. The van der Waals surface area contributed by atoms with Crippen LogP contribution < -0.4 is 9.47 Å². The van der Waals surface area contributed by atoms with Gasteiger partial charge in [0.25, 0.3) is 11.7 Å². The van der Waals surface area contributed by atoms with E-state index in [9.17, 15) is 14.7 Å². The number of hydrogen-bond acceptors (Lipinski definition) is 6. The van der Waals surface area contributed by atoms with Crippen LogP contribution in [-0.2, 0) is 16.1 Å². The molecular formula is C29H31NO6. The second-order valence-corrected chi connectivity index (χ2v) is 8.59. The number of benzene rings is 2. The molecule has 7 nitrogen and oxygen atoms in total. The average molecular weight is 490 g/mol. The van der Waals surface area contributed by atoms with Crippen molar-refractivity contribution in [3.63, 3.8) is 0 Å². The summed E-state index contributed by atoms with van der Waals surface area (Å²) in [6.07, 6.45) is 4.70. The molecule has 4 rings (SSSR count). The van der Waals surface area contributed by atoms with Crippen molar-refractivity contribution in [3.8, 4) is 11.5 Å². The Labute approximate surface area is 210 Å². The minimum Gasteiger partial charge on any atom is -0.507 e. The van der Waals surface area contributed by atoms with Crippen molar-refractivity contribution in [1.82, 2.24) is 4.90 Å². The SMILES string of the molecule is CCCCCOc1ccc(/C(O)=C2/C(=O)C(=O)N(Cc3ccco3)C2c2cccc(OCC)c2)cc1. The minimum atomic E-state index is -0.805. The summed E-state index contributed by atoms with van der Waals surface area (Å²) in [5.74, 6) is 0.151. The van der Waals surface area contributed by atoms with Crippen molar-refractivity contribution < 1.29 is 28.6 Å². The van der Waals surface area contributed by atoms with Gasteiger partial charge < -0.3 is 23.9 Å². The third-order valence-corrected chi connectivity index (χ3v) is 6.08. The Bertz CT molecular complexity index is 1210. The molecular weight excluding hydrogens is 458 g/mol. The van der Waals surface area contributed by atoms with Gasteiger partial charge in [-0.1, -0.05) is 31.9 Å². The standard InChI is InChI=1S/C29H31NO6/c1-3-5-6-16-35-22-14-12-20(13-15-22)27(31)25-26(21-9-7-10-23(18-21)34-4-2)30(29(33)28(25)32)19-24-11-8-17-36-24/h7-15,17-18,26,31H,3-6,16,19H2,1-2H3/b27-25-. The van der Waals surface area contributed by atoms with E-state index in [1.54, 1.807) is 48.5 Å². The van der Waals surface area contributed by atoms with Gasteiger partial charge in [0.1, 0.15) is 23.0 Å². The zero-order chi connectivity index (χ0) is 25.5. The summed E-state index contributed by atoms with van der Waals surface area (Å²) < 4.78 is 16.8. The molecule has 3 aromatic rings. The number of hydrogen-bond donors (Lipinski definition) is 1. The van der Waals surface area contributed by atoms with Gasteiger partial charge in [-0.2, -0.15) is 0 Å². The number of ether oxygens (including phenoxy) is 2. The first-order valence-corrected chi connectivity index (χ1v) is 12.3. The number of furan rings is 1. The number of aliphatic hydroxyl groups is 1. The predicted molar refractivity (Wildman–Crippen MR) is 136 cm³/mol. The molecule has 1 unspecified atom stereocenters. The molecule has 1 saturated heterocycles. The normalized spacial score (nSPS) is 16.9. The number of aliphatic hydroxyl groups excluding tert-OH is 1. The van der Waals surface area contributed by atoms with Gasteiger partial charge in [0.15, 0.2) is 0 Å². The van der Waals surface area contributed by atoms with Crippen molar-refractivity contribution in [2.24, 2.45) is 0 Å². The number of rotatable bonds is 11. The van der Waals surface area contributed by atoms with E-state index in [-0.39, 0.29) is 17.9 Å². The second-order valence-electron chi connectivity index (χ2n) is 8.59. The van der Waals surface area contributed by atoms with Gasteiger partial charge in [0, 0.05) is 5.56 Å². The van der Waals surface area contributed by atoms with E-state index in [1.165, 1.54) is 11.2 Å². The van der Waals surface area contributed by atoms with Gasteiger partial charge in [-0.15, -0.1) is 0 Å². The largest absolute Gasteiger partial charge is 0.507 e. The summed E-state index contributed by atoms with van der Waals surface area (Å²) in [6.45, 7) is 5.20. The van der Waals surface area contributed by atoms with E-state index in [1.807, 2.05) is 19.1 Å². The minimum absolute atomic E-state index is 0.0248. The number of Topliss-reactive ketones (excluding diaryl/α,β-unsaturated/α-hetero) is 1. The Balaban J connectivity index is 1.71. The van der Waals surface area contributed by atoms with Gasteiger partial charge in [-0.25, -0.2) is 0 Å². The van der Waals surface area contributed by atoms with Crippen LogP contribution in [0.1, 0.15) is 56.0 Å². The van der Waals surface area contributed by atoms with Crippen molar-refractivity contribution in [2.75, 3.05) is 13.2 Å². The fourth-order valence-electron chi connectivity index (χ4n) is 4.31. The highest BCUT2D eigenvalue weighted by molar-refractivity contribution is 6.46. The number of likely N-dealkylation sites (tertiary alicyclic amines) is 1. The monoisotopic (exact) mass is 489 g/mol. The molecule has 1 aromatic heterocycles. The predicted octanol–water partition coefficient (Wildman–Crippen LogP) is 5.87.